The standard InChI is InChI=1S/C13H21N3O2S/c14-13-11(8-5-9-12(13)19(15,17)18)16-10-6-3-1-2-4-7-10/h5,8-10,16H,1-4,6-7,14H2,(H2,15,17,18). The van der Waals surface area contributed by atoms with Gasteiger partial charge in [0.05, 0.1) is 11.4 Å². The molecule has 0 atom stereocenters. The lowest BCUT2D eigenvalue weighted by molar-refractivity contribution is 0.598. The SMILES string of the molecule is Nc1c(NC2CCCCCC2)cccc1S(N)(=O)=O. The number of nitrogens with one attached hydrogen (secondary N) is 1. The highest BCUT2D eigenvalue weighted by molar-refractivity contribution is 7.89. The second kappa shape index (κ2) is 5.79. The van der Waals surface area contributed by atoms with Crippen molar-refractivity contribution in [3.05, 3.63) is 18.2 Å². The number of benzene rings is 1. The summed E-state index contributed by atoms with van der Waals surface area (Å²) in [6, 6.07) is 5.26. The number of anilines is 2. The minimum absolute atomic E-state index is 0.00822. The van der Waals surface area contributed by atoms with Crippen LogP contribution in [-0.4, -0.2) is 14.5 Å². The van der Waals surface area contributed by atoms with Gasteiger partial charge >= 0.3 is 0 Å². The van der Waals surface area contributed by atoms with E-state index in [1.165, 1.54) is 31.7 Å². The Morgan fingerprint density at radius 1 is 1.11 bits per heavy atom. The zero-order valence-corrected chi connectivity index (χ0v) is 11.7. The molecule has 0 bridgehead atoms. The van der Waals surface area contributed by atoms with E-state index < -0.39 is 10.0 Å². The van der Waals surface area contributed by atoms with Gasteiger partial charge in [-0.2, -0.15) is 0 Å². The third kappa shape index (κ3) is 3.61. The molecular weight excluding hydrogens is 262 g/mol. The molecule has 0 aliphatic heterocycles. The molecule has 106 valence electrons. The third-order valence-corrected chi connectivity index (χ3v) is 4.56. The average molecular weight is 283 g/mol. The molecule has 19 heavy (non-hydrogen) atoms. The van der Waals surface area contributed by atoms with E-state index in [1.807, 2.05) is 0 Å². The molecule has 0 unspecified atom stereocenters. The molecule has 5 N–H and O–H groups in total. The summed E-state index contributed by atoms with van der Waals surface area (Å²) in [7, 11) is -3.77. The van der Waals surface area contributed by atoms with E-state index in [-0.39, 0.29) is 10.6 Å². The van der Waals surface area contributed by atoms with Gasteiger partial charge in [0.25, 0.3) is 0 Å². The Bertz CT molecular complexity index is 535. The van der Waals surface area contributed by atoms with Crippen LogP contribution in [0.25, 0.3) is 0 Å². The molecule has 6 heteroatoms. The lowest BCUT2D eigenvalue weighted by Gasteiger charge is -2.19. The summed E-state index contributed by atoms with van der Waals surface area (Å²) < 4.78 is 22.8. The summed E-state index contributed by atoms with van der Waals surface area (Å²) in [5, 5.41) is 8.51. The molecule has 0 radical (unpaired) electrons. The topological polar surface area (TPSA) is 98.2 Å². The van der Waals surface area contributed by atoms with E-state index in [9.17, 15) is 8.42 Å². The van der Waals surface area contributed by atoms with Crippen LogP contribution in [0.15, 0.2) is 23.1 Å². The first kappa shape index (κ1) is 14.1. The molecule has 5 nitrogen and oxygen atoms in total. The van der Waals surface area contributed by atoms with E-state index >= 15 is 0 Å². The molecule has 1 saturated carbocycles. The largest absolute Gasteiger partial charge is 0.396 e. The molecule has 1 fully saturated rings. The van der Waals surface area contributed by atoms with Crippen molar-refractivity contribution in [1.29, 1.82) is 0 Å². The van der Waals surface area contributed by atoms with Crippen LogP contribution in [0.1, 0.15) is 38.5 Å². The van der Waals surface area contributed by atoms with Gasteiger partial charge in [0.15, 0.2) is 0 Å². The first-order chi connectivity index (χ1) is 8.98. The van der Waals surface area contributed by atoms with Crippen LogP contribution >= 0.6 is 0 Å². The predicted molar refractivity (Wildman–Crippen MR) is 77.3 cm³/mol. The van der Waals surface area contributed by atoms with Crippen molar-refractivity contribution >= 4 is 21.4 Å². The van der Waals surface area contributed by atoms with Gasteiger partial charge in [-0.15, -0.1) is 0 Å². The van der Waals surface area contributed by atoms with Crippen LogP contribution in [0.2, 0.25) is 0 Å². The van der Waals surface area contributed by atoms with Gasteiger partial charge in [0.1, 0.15) is 4.90 Å². The van der Waals surface area contributed by atoms with E-state index in [2.05, 4.69) is 5.32 Å². The van der Waals surface area contributed by atoms with Crippen LogP contribution in [0.3, 0.4) is 0 Å². The molecular formula is C13H21N3O2S. The van der Waals surface area contributed by atoms with Crippen molar-refractivity contribution in [1.82, 2.24) is 0 Å². The maximum atomic E-state index is 11.4. The van der Waals surface area contributed by atoms with Gasteiger partial charge in [0, 0.05) is 6.04 Å². The Hall–Kier alpha value is -1.27. The average Bonchev–Trinajstić information content (AvgIpc) is 2.59. The molecule has 2 rings (SSSR count). The molecule has 0 heterocycles. The Kier molecular flexibility index (Phi) is 4.31. The van der Waals surface area contributed by atoms with Gasteiger partial charge in [-0.05, 0) is 25.0 Å². The Morgan fingerprint density at radius 2 is 1.74 bits per heavy atom. The lowest BCUT2D eigenvalue weighted by atomic mass is 10.1. The van der Waals surface area contributed by atoms with E-state index in [4.69, 9.17) is 10.9 Å². The van der Waals surface area contributed by atoms with Gasteiger partial charge < -0.3 is 11.1 Å². The highest BCUT2D eigenvalue weighted by Crippen LogP contribution is 2.28. The number of nitrogens with two attached hydrogens (primary N) is 2. The molecule has 0 aromatic heterocycles. The van der Waals surface area contributed by atoms with Crippen molar-refractivity contribution in [2.45, 2.75) is 49.5 Å². The first-order valence-corrected chi connectivity index (χ1v) is 8.21. The molecule has 1 aliphatic rings. The fraction of sp³-hybridized carbons (Fsp3) is 0.538. The summed E-state index contributed by atoms with van der Waals surface area (Å²) >= 11 is 0. The van der Waals surface area contributed by atoms with Crippen LogP contribution in [-0.2, 0) is 10.0 Å². The van der Waals surface area contributed by atoms with E-state index in [0.29, 0.717) is 11.7 Å². The number of primary sulfonamides is 1. The normalized spacial score (nSPS) is 17.9. The Morgan fingerprint density at radius 3 is 2.32 bits per heavy atom. The molecule has 0 amide bonds. The zero-order chi connectivity index (χ0) is 13.9. The maximum Gasteiger partial charge on any atom is 0.240 e. The second-order valence-electron chi connectivity index (χ2n) is 5.10. The maximum absolute atomic E-state index is 11.4. The molecule has 1 aromatic carbocycles. The monoisotopic (exact) mass is 283 g/mol. The van der Waals surface area contributed by atoms with Gasteiger partial charge in [-0.3, -0.25) is 0 Å². The van der Waals surface area contributed by atoms with Crippen molar-refractivity contribution in [3.63, 3.8) is 0 Å². The number of hydrogen-bond donors (Lipinski definition) is 3. The summed E-state index contributed by atoms with van der Waals surface area (Å²) in [6.07, 6.45) is 7.13. The third-order valence-electron chi connectivity index (χ3n) is 3.59. The molecule has 0 saturated heterocycles. The van der Waals surface area contributed by atoms with Crippen LogP contribution in [0.5, 0.6) is 0 Å². The van der Waals surface area contributed by atoms with Crippen molar-refractivity contribution < 1.29 is 8.42 Å². The minimum Gasteiger partial charge on any atom is -0.396 e. The summed E-state index contributed by atoms with van der Waals surface area (Å²) in [5.74, 6) is 0. The smallest absolute Gasteiger partial charge is 0.240 e. The van der Waals surface area contributed by atoms with Gasteiger partial charge in [0.2, 0.25) is 10.0 Å². The molecule has 1 aliphatic carbocycles. The molecule has 0 spiro atoms. The lowest BCUT2D eigenvalue weighted by Crippen LogP contribution is -2.21. The van der Waals surface area contributed by atoms with Gasteiger partial charge in [-0.1, -0.05) is 31.7 Å². The summed E-state index contributed by atoms with van der Waals surface area (Å²) in [5.41, 5.74) is 6.79. The van der Waals surface area contributed by atoms with Crippen molar-refractivity contribution in [3.8, 4) is 0 Å². The quantitative estimate of drug-likeness (QED) is 0.584. The Balaban J connectivity index is 2.21. The number of nitrogen functional groups attached to an aromatic ring is 1. The first-order valence-electron chi connectivity index (χ1n) is 6.66. The minimum atomic E-state index is -3.77. The zero-order valence-electron chi connectivity index (χ0n) is 10.9. The van der Waals surface area contributed by atoms with Crippen LogP contribution in [0.4, 0.5) is 11.4 Å². The Labute approximate surface area is 114 Å². The van der Waals surface area contributed by atoms with Crippen molar-refractivity contribution in [2.24, 2.45) is 5.14 Å². The number of rotatable bonds is 3. The predicted octanol–water partition coefficient (Wildman–Crippen LogP) is 2.05. The van der Waals surface area contributed by atoms with Crippen LogP contribution < -0.4 is 16.2 Å². The highest BCUT2D eigenvalue weighted by atomic mass is 32.2. The number of hydrogen-bond acceptors (Lipinski definition) is 4. The van der Waals surface area contributed by atoms with Crippen LogP contribution in [0, 0.1) is 0 Å². The summed E-state index contributed by atoms with van der Waals surface area (Å²) in [6.45, 7) is 0. The van der Waals surface area contributed by atoms with Crippen molar-refractivity contribution in [2.75, 3.05) is 11.1 Å². The van der Waals surface area contributed by atoms with E-state index in [1.54, 1.807) is 12.1 Å². The van der Waals surface area contributed by atoms with Gasteiger partial charge in [-0.25, -0.2) is 13.6 Å². The fourth-order valence-electron chi connectivity index (χ4n) is 2.56. The number of para-hydroxylation sites is 1. The summed E-state index contributed by atoms with van der Waals surface area (Å²) in [4.78, 5) is -0.00822. The van der Waals surface area contributed by atoms with E-state index in [0.717, 1.165) is 12.8 Å². The second-order valence-corrected chi connectivity index (χ2v) is 6.63. The fourth-order valence-corrected chi connectivity index (χ4v) is 3.25. The molecule has 1 aromatic rings. The number of sulfonamides is 1. The highest BCUT2D eigenvalue weighted by Gasteiger charge is 2.17.